The van der Waals surface area contributed by atoms with E-state index in [0.29, 0.717) is 18.3 Å². The van der Waals surface area contributed by atoms with Crippen molar-refractivity contribution in [3.63, 3.8) is 0 Å². The summed E-state index contributed by atoms with van der Waals surface area (Å²) < 4.78 is 5.24. The van der Waals surface area contributed by atoms with Crippen molar-refractivity contribution in [3.05, 3.63) is 48.3 Å². The van der Waals surface area contributed by atoms with Crippen LogP contribution in [0.15, 0.2) is 41.4 Å². The van der Waals surface area contributed by atoms with Crippen LogP contribution in [0.5, 0.6) is 0 Å². The van der Waals surface area contributed by atoms with Gasteiger partial charge >= 0.3 is 0 Å². The fourth-order valence-corrected chi connectivity index (χ4v) is 1.77. The molecule has 0 fully saturated rings. The lowest BCUT2D eigenvalue weighted by molar-refractivity contribution is -0.116. The molecule has 2 rings (SSSR count). The third kappa shape index (κ3) is 3.54. The highest BCUT2D eigenvalue weighted by Gasteiger charge is 2.08. The van der Waals surface area contributed by atoms with E-state index in [0.717, 1.165) is 24.0 Å². The van der Waals surface area contributed by atoms with Crippen LogP contribution in [-0.2, 0) is 17.8 Å². The highest BCUT2D eigenvalue weighted by atomic mass is 16.5. The molecule has 1 heterocycles. The molecule has 0 radical (unpaired) electrons. The van der Waals surface area contributed by atoms with Gasteiger partial charge in [-0.1, -0.05) is 30.8 Å². The Bertz CT molecular complexity index is 605. The number of nitrogens with zero attached hydrogens (tertiary/aromatic N) is 2. The molecule has 0 aliphatic heterocycles. The highest BCUT2D eigenvalue weighted by molar-refractivity contribution is 5.86. The van der Waals surface area contributed by atoms with Gasteiger partial charge in [0.15, 0.2) is 5.82 Å². The zero-order valence-electron chi connectivity index (χ0n) is 11.4. The van der Waals surface area contributed by atoms with Crippen molar-refractivity contribution >= 4 is 5.91 Å². The molecular formula is C15H17N3O2. The Hall–Kier alpha value is -2.43. The first-order valence-electron chi connectivity index (χ1n) is 6.55. The zero-order valence-corrected chi connectivity index (χ0v) is 11.4. The van der Waals surface area contributed by atoms with E-state index in [1.54, 1.807) is 0 Å². The summed E-state index contributed by atoms with van der Waals surface area (Å²) in [5, 5.41) is 6.66. The van der Waals surface area contributed by atoms with Gasteiger partial charge in [0.1, 0.15) is 0 Å². The molecule has 0 aliphatic rings. The minimum Gasteiger partial charge on any atom is -0.348 e. The molecular weight excluding hydrogens is 254 g/mol. The van der Waals surface area contributed by atoms with Gasteiger partial charge in [0, 0.05) is 18.5 Å². The minimum absolute atomic E-state index is 0.196. The van der Waals surface area contributed by atoms with Crippen LogP contribution < -0.4 is 5.32 Å². The van der Waals surface area contributed by atoms with Crippen LogP contribution in [0.2, 0.25) is 0 Å². The van der Waals surface area contributed by atoms with E-state index in [1.807, 2.05) is 24.3 Å². The maximum atomic E-state index is 11.1. The molecule has 0 bridgehead atoms. The summed E-state index contributed by atoms with van der Waals surface area (Å²) in [5.74, 6) is 1.02. The summed E-state index contributed by atoms with van der Waals surface area (Å²) >= 11 is 0. The smallest absolute Gasteiger partial charge is 0.257 e. The van der Waals surface area contributed by atoms with E-state index in [2.05, 4.69) is 29.0 Å². The predicted molar refractivity (Wildman–Crippen MR) is 75.8 cm³/mol. The highest BCUT2D eigenvalue weighted by Crippen LogP contribution is 2.18. The van der Waals surface area contributed by atoms with Gasteiger partial charge < -0.3 is 9.84 Å². The SMILES string of the molecule is C=CC(=O)NCc1cccc(-c2nc(CCC)no2)c1. The van der Waals surface area contributed by atoms with E-state index in [-0.39, 0.29) is 5.91 Å². The van der Waals surface area contributed by atoms with Crippen LogP contribution in [0.25, 0.3) is 11.5 Å². The molecule has 1 amide bonds. The Balaban J connectivity index is 2.11. The molecule has 0 unspecified atom stereocenters. The van der Waals surface area contributed by atoms with E-state index < -0.39 is 0 Å². The normalized spacial score (nSPS) is 10.2. The lowest BCUT2D eigenvalue weighted by Gasteiger charge is -2.03. The van der Waals surface area contributed by atoms with Gasteiger partial charge in [-0.25, -0.2) is 0 Å². The van der Waals surface area contributed by atoms with E-state index in [9.17, 15) is 4.79 Å². The van der Waals surface area contributed by atoms with Crippen molar-refractivity contribution < 1.29 is 9.32 Å². The molecule has 0 saturated heterocycles. The number of hydrogen-bond acceptors (Lipinski definition) is 4. The second kappa shape index (κ2) is 6.65. The monoisotopic (exact) mass is 271 g/mol. The van der Waals surface area contributed by atoms with Gasteiger partial charge in [-0.2, -0.15) is 4.98 Å². The molecule has 1 aromatic carbocycles. The van der Waals surface area contributed by atoms with Crippen molar-refractivity contribution in [1.29, 1.82) is 0 Å². The van der Waals surface area contributed by atoms with Gasteiger partial charge in [0.05, 0.1) is 0 Å². The molecule has 2 aromatic rings. The lowest BCUT2D eigenvalue weighted by Crippen LogP contribution is -2.19. The predicted octanol–water partition coefficient (Wildman–Crippen LogP) is 2.49. The quantitative estimate of drug-likeness (QED) is 0.820. The first-order valence-corrected chi connectivity index (χ1v) is 6.55. The summed E-state index contributed by atoms with van der Waals surface area (Å²) in [6, 6.07) is 7.65. The van der Waals surface area contributed by atoms with Gasteiger partial charge in [-0.05, 0) is 30.2 Å². The van der Waals surface area contributed by atoms with E-state index >= 15 is 0 Å². The Morgan fingerprint density at radius 1 is 1.50 bits per heavy atom. The van der Waals surface area contributed by atoms with Crippen LogP contribution in [0, 0.1) is 0 Å². The number of rotatable bonds is 6. The number of aryl methyl sites for hydroxylation is 1. The van der Waals surface area contributed by atoms with Gasteiger partial charge in [-0.3, -0.25) is 4.79 Å². The van der Waals surface area contributed by atoms with Crippen molar-refractivity contribution in [1.82, 2.24) is 15.5 Å². The summed E-state index contributed by atoms with van der Waals surface area (Å²) in [6.45, 7) is 5.92. The molecule has 5 nitrogen and oxygen atoms in total. The molecule has 0 spiro atoms. The number of benzene rings is 1. The molecule has 20 heavy (non-hydrogen) atoms. The second-order valence-corrected chi connectivity index (χ2v) is 4.39. The van der Waals surface area contributed by atoms with Gasteiger partial charge in [0.25, 0.3) is 5.89 Å². The van der Waals surface area contributed by atoms with Crippen molar-refractivity contribution in [2.24, 2.45) is 0 Å². The van der Waals surface area contributed by atoms with Crippen molar-refractivity contribution in [2.75, 3.05) is 0 Å². The number of amides is 1. The number of nitrogens with one attached hydrogen (secondary N) is 1. The molecule has 5 heteroatoms. The van der Waals surface area contributed by atoms with Crippen LogP contribution >= 0.6 is 0 Å². The van der Waals surface area contributed by atoms with Crippen molar-refractivity contribution in [3.8, 4) is 11.5 Å². The molecule has 0 aliphatic carbocycles. The molecule has 104 valence electrons. The van der Waals surface area contributed by atoms with Gasteiger partial charge in [0.2, 0.25) is 5.91 Å². The molecule has 1 aromatic heterocycles. The lowest BCUT2D eigenvalue weighted by atomic mass is 10.1. The summed E-state index contributed by atoms with van der Waals surface area (Å²) in [4.78, 5) is 15.5. The summed E-state index contributed by atoms with van der Waals surface area (Å²) in [7, 11) is 0. The maximum Gasteiger partial charge on any atom is 0.257 e. The maximum absolute atomic E-state index is 11.1. The third-order valence-electron chi connectivity index (χ3n) is 2.77. The van der Waals surface area contributed by atoms with Crippen LogP contribution in [0.3, 0.4) is 0 Å². The Morgan fingerprint density at radius 3 is 3.10 bits per heavy atom. The minimum atomic E-state index is -0.196. The molecule has 0 saturated carbocycles. The average Bonchev–Trinajstić information content (AvgIpc) is 2.94. The summed E-state index contributed by atoms with van der Waals surface area (Å²) in [5.41, 5.74) is 1.82. The molecule has 1 N–H and O–H groups in total. The fraction of sp³-hybridized carbons (Fsp3) is 0.267. The third-order valence-corrected chi connectivity index (χ3v) is 2.77. The number of hydrogen-bond donors (Lipinski definition) is 1. The number of aromatic nitrogens is 2. The topological polar surface area (TPSA) is 68.0 Å². The van der Waals surface area contributed by atoms with E-state index in [1.165, 1.54) is 6.08 Å². The number of carbonyl (C=O) groups excluding carboxylic acids is 1. The first kappa shape index (κ1) is 14.0. The van der Waals surface area contributed by atoms with Gasteiger partial charge in [-0.15, -0.1) is 0 Å². The fourth-order valence-electron chi connectivity index (χ4n) is 1.77. The average molecular weight is 271 g/mol. The van der Waals surface area contributed by atoms with Crippen LogP contribution in [0.4, 0.5) is 0 Å². The van der Waals surface area contributed by atoms with Crippen molar-refractivity contribution in [2.45, 2.75) is 26.3 Å². The molecule has 0 atom stereocenters. The van der Waals surface area contributed by atoms with E-state index in [4.69, 9.17) is 4.52 Å². The second-order valence-electron chi connectivity index (χ2n) is 4.39. The summed E-state index contributed by atoms with van der Waals surface area (Å²) in [6.07, 6.45) is 3.03. The largest absolute Gasteiger partial charge is 0.348 e. The Morgan fingerprint density at radius 2 is 2.35 bits per heavy atom. The Kier molecular flexibility index (Phi) is 4.65. The zero-order chi connectivity index (χ0) is 14.4. The number of carbonyl (C=O) groups is 1. The van der Waals surface area contributed by atoms with Crippen LogP contribution in [-0.4, -0.2) is 16.0 Å². The first-order chi connectivity index (χ1) is 9.72. The van der Waals surface area contributed by atoms with Crippen LogP contribution in [0.1, 0.15) is 24.7 Å². The standard InChI is InChI=1S/C15H17N3O2/c1-3-6-13-17-15(20-18-13)12-8-5-7-11(9-12)10-16-14(19)4-2/h4-5,7-9H,2-3,6,10H2,1H3,(H,16,19). The Labute approximate surface area is 117 Å².